The molecule has 24 heavy (non-hydrogen) atoms. The number of nitrogens with zero attached hydrogens (tertiary/aromatic N) is 1. The van der Waals surface area contributed by atoms with Gasteiger partial charge in [0.15, 0.2) is 0 Å². The molecule has 0 aromatic rings. The van der Waals surface area contributed by atoms with Crippen molar-refractivity contribution < 1.29 is 9.59 Å². The van der Waals surface area contributed by atoms with Crippen molar-refractivity contribution in [1.82, 2.24) is 10.2 Å². The predicted molar refractivity (Wildman–Crippen MR) is 91.1 cm³/mol. The molecule has 132 valence electrons. The second-order valence-corrected chi connectivity index (χ2v) is 9.55. The Labute approximate surface area is 144 Å². The molecule has 4 heteroatoms. The summed E-state index contributed by atoms with van der Waals surface area (Å²) in [6, 6.07) is 0.290. The minimum Gasteiger partial charge on any atom is -0.353 e. The van der Waals surface area contributed by atoms with Crippen LogP contribution < -0.4 is 5.32 Å². The van der Waals surface area contributed by atoms with Crippen molar-refractivity contribution in [2.75, 3.05) is 13.1 Å². The molecule has 0 atom stereocenters. The van der Waals surface area contributed by atoms with Crippen LogP contribution in [0.25, 0.3) is 0 Å². The molecule has 0 spiro atoms. The van der Waals surface area contributed by atoms with E-state index in [4.69, 9.17) is 0 Å². The Balaban J connectivity index is 1.20. The first-order chi connectivity index (χ1) is 11.6. The SMILES string of the molecule is O=C(NC1CCN(C(=O)C23CC4CC(CC(C4)C2)C3)CC1)C1CC1. The largest absolute Gasteiger partial charge is 0.353 e. The first kappa shape index (κ1) is 15.2. The molecule has 1 N–H and O–H groups in total. The topological polar surface area (TPSA) is 49.4 Å². The maximum Gasteiger partial charge on any atom is 0.228 e. The number of likely N-dealkylation sites (tertiary alicyclic amines) is 1. The molecule has 4 bridgehead atoms. The highest BCUT2D eigenvalue weighted by molar-refractivity contribution is 5.84. The van der Waals surface area contributed by atoms with E-state index in [0.29, 0.717) is 11.9 Å². The number of rotatable bonds is 3. The van der Waals surface area contributed by atoms with Gasteiger partial charge in [-0.2, -0.15) is 0 Å². The molecular weight excluding hydrogens is 300 g/mol. The van der Waals surface area contributed by atoms with E-state index in [0.717, 1.165) is 75.8 Å². The first-order valence-corrected chi connectivity index (χ1v) is 10.2. The van der Waals surface area contributed by atoms with Crippen molar-refractivity contribution in [2.24, 2.45) is 29.1 Å². The summed E-state index contributed by atoms with van der Waals surface area (Å²) in [5.74, 6) is 3.49. The number of hydrogen-bond acceptors (Lipinski definition) is 2. The Morgan fingerprint density at radius 3 is 1.88 bits per heavy atom. The van der Waals surface area contributed by atoms with Gasteiger partial charge in [-0.1, -0.05) is 0 Å². The fourth-order valence-electron chi connectivity index (χ4n) is 6.60. The fourth-order valence-corrected chi connectivity index (χ4v) is 6.60. The number of amides is 2. The van der Waals surface area contributed by atoms with Crippen LogP contribution in [0.2, 0.25) is 0 Å². The monoisotopic (exact) mass is 330 g/mol. The van der Waals surface area contributed by atoms with Crippen LogP contribution in [0.1, 0.15) is 64.2 Å². The van der Waals surface area contributed by atoms with Gasteiger partial charge in [0.2, 0.25) is 11.8 Å². The van der Waals surface area contributed by atoms with Gasteiger partial charge in [0.05, 0.1) is 5.41 Å². The summed E-state index contributed by atoms with van der Waals surface area (Å²) in [6.45, 7) is 1.69. The Bertz CT molecular complexity index is 511. The highest BCUT2D eigenvalue weighted by atomic mass is 16.2. The lowest BCUT2D eigenvalue weighted by molar-refractivity contribution is -0.158. The summed E-state index contributed by atoms with van der Waals surface area (Å²) in [5, 5.41) is 3.20. The van der Waals surface area contributed by atoms with Crippen LogP contribution in [0, 0.1) is 29.1 Å². The van der Waals surface area contributed by atoms with Crippen LogP contribution in [0.15, 0.2) is 0 Å². The standard InChI is InChI=1S/C20H30N2O2/c23-18(16-1-2-16)21-17-3-5-22(6-4-17)19(24)20-10-13-7-14(11-20)9-15(8-13)12-20/h13-17H,1-12H2,(H,21,23). The van der Waals surface area contributed by atoms with Crippen molar-refractivity contribution >= 4 is 11.8 Å². The minimum absolute atomic E-state index is 0.00114. The second-order valence-electron chi connectivity index (χ2n) is 9.55. The zero-order chi connectivity index (χ0) is 16.3. The molecule has 0 aromatic heterocycles. The average Bonchev–Trinajstić information content (AvgIpc) is 3.38. The quantitative estimate of drug-likeness (QED) is 0.865. The molecular formula is C20H30N2O2. The molecule has 2 amide bonds. The van der Waals surface area contributed by atoms with Crippen molar-refractivity contribution in [2.45, 2.75) is 70.3 Å². The number of piperidine rings is 1. The van der Waals surface area contributed by atoms with Crippen molar-refractivity contribution in [3.63, 3.8) is 0 Å². The fraction of sp³-hybridized carbons (Fsp3) is 0.900. The van der Waals surface area contributed by atoms with E-state index in [1.54, 1.807) is 0 Å². The van der Waals surface area contributed by atoms with Gasteiger partial charge in [-0.25, -0.2) is 0 Å². The van der Waals surface area contributed by atoms with Crippen molar-refractivity contribution in [1.29, 1.82) is 0 Å². The number of hydrogen-bond donors (Lipinski definition) is 1. The number of carbonyl (C=O) groups excluding carboxylic acids is 2. The van der Waals surface area contributed by atoms with E-state index >= 15 is 0 Å². The molecule has 4 nitrogen and oxygen atoms in total. The maximum atomic E-state index is 13.3. The Morgan fingerprint density at radius 1 is 0.833 bits per heavy atom. The lowest BCUT2D eigenvalue weighted by Gasteiger charge is -2.57. The third-order valence-electron chi connectivity index (χ3n) is 7.57. The lowest BCUT2D eigenvalue weighted by atomic mass is 9.49. The molecule has 5 aliphatic carbocycles. The molecule has 6 fully saturated rings. The molecule has 1 heterocycles. The summed E-state index contributed by atoms with van der Waals surface area (Å²) in [7, 11) is 0. The molecule has 0 radical (unpaired) electrons. The molecule has 0 aromatic carbocycles. The smallest absolute Gasteiger partial charge is 0.228 e. The van der Waals surface area contributed by atoms with E-state index < -0.39 is 0 Å². The Morgan fingerprint density at radius 2 is 1.38 bits per heavy atom. The lowest BCUT2D eigenvalue weighted by Crippen LogP contribution is -2.56. The highest BCUT2D eigenvalue weighted by Gasteiger charge is 2.55. The van der Waals surface area contributed by atoms with Crippen LogP contribution in [0.3, 0.4) is 0 Å². The maximum absolute atomic E-state index is 13.3. The summed E-state index contributed by atoms with van der Waals surface area (Å²) >= 11 is 0. The van der Waals surface area contributed by atoms with Gasteiger partial charge in [0.1, 0.15) is 0 Å². The van der Waals surface area contributed by atoms with Gasteiger partial charge in [-0.3, -0.25) is 9.59 Å². The van der Waals surface area contributed by atoms with Crippen LogP contribution in [0.4, 0.5) is 0 Å². The summed E-state index contributed by atoms with van der Waals surface area (Å²) in [5.41, 5.74) is -0.00114. The van der Waals surface area contributed by atoms with Crippen LogP contribution >= 0.6 is 0 Å². The van der Waals surface area contributed by atoms with Gasteiger partial charge in [-0.15, -0.1) is 0 Å². The van der Waals surface area contributed by atoms with E-state index in [1.165, 1.54) is 19.3 Å². The zero-order valence-corrected chi connectivity index (χ0v) is 14.6. The van der Waals surface area contributed by atoms with E-state index in [1.807, 2.05) is 0 Å². The number of nitrogens with one attached hydrogen (secondary N) is 1. The van der Waals surface area contributed by atoms with Crippen LogP contribution in [0.5, 0.6) is 0 Å². The average molecular weight is 330 g/mol. The van der Waals surface area contributed by atoms with Gasteiger partial charge < -0.3 is 10.2 Å². The normalized spacial score (nSPS) is 41.5. The van der Waals surface area contributed by atoms with Gasteiger partial charge in [0.25, 0.3) is 0 Å². The third kappa shape index (κ3) is 2.57. The van der Waals surface area contributed by atoms with Crippen molar-refractivity contribution in [3.05, 3.63) is 0 Å². The van der Waals surface area contributed by atoms with E-state index in [9.17, 15) is 9.59 Å². The van der Waals surface area contributed by atoms with Gasteiger partial charge in [0, 0.05) is 25.0 Å². The first-order valence-electron chi connectivity index (χ1n) is 10.2. The number of carbonyl (C=O) groups is 2. The van der Waals surface area contributed by atoms with E-state index in [-0.39, 0.29) is 17.2 Å². The summed E-state index contributed by atoms with van der Waals surface area (Å²) in [6.07, 6.45) is 11.7. The zero-order valence-electron chi connectivity index (χ0n) is 14.6. The van der Waals surface area contributed by atoms with Gasteiger partial charge in [-0.05, 0) is 82.0 Å². The predicted octanol–water partition coefficient (Wildman–Crippen LogP) is 2.72. The molecule has 6 aliphatic rings. The third-order valence-corrected chi connectivity index (χ3v) is 7.57. The molecule has 1 aliphatic heterocycles. The van der Waals surface area contributed by atoms with Crippen LogP contribution in [-0.2, 0) is 9.59 Å². The summed E-state index contributed by atoms with van der Waals surface area (Å²) in [4.78, 5) is 27.4. The summed E-state index contributed by atoms with van der Waals surface area (Å²) < 4.78 is 0. The van der Waals surface area contributed by atoms with Gasteiger partial charge >= 0.3 is 0 Å². The molecule has 5 saturated carbocycles. The molecule has 6 rings (SSSR count). The Kier molecular flexibility index (Phi) is 3.47. The highest BCUT2D eigenvalue weighted by Crippen LogP contribution is 2.60. The van der Waals surface area contributed by atoms with Crippen LogP contribution in [-0.4, -0.2) is 35.8 Å². The molecule has 0 unspecified atom stereocenters. The minimum atomic E-state index is -0.00114. The Hall–Kier alpha value is -1.06. The van der Waals surface area contributed by atoms with E-state index in [2.05, 4.69) is 10.2 Å². The second kappa shape index (κ2) is 5.47. The van der Waals surface area contributed by atoms with Crippen molar-refractivity contribution in [3.8, 4) is 0 Å². The molecule has 1 saturated heterocycles.